The number of nitrogens with one attached hydrogen (secondary N) is 1. The van der Waals surface area contributed by atoms with Gasteiger partial charge in [0.2, 0.25) is 11.8 Å². The fraction of sp³-hybridized carbons (Fsp3) is 0.105. The van der Waals surface area contributed by atoms with E-state index in [1.54, 1.807) is 13.0 Å². The van der Waals surface area contributed by atoms with E-state index >= 15 is 0 Å². The molecule has 1 heterocycles. The maximum Gasteiger partial charge on any atom is 0.244 e. The standard InChI is InChI=1S/C19H13F5N4/c1-9-8-12(11-6-4-3-5-7-11)26-19(25-9)28-27-10(2)13-14(20)16(22)18(24)17(23)15(13)21/h3-8H,1-2H3,(H,25,26,28). The summed E-state index contributed by atoms with van der Waals surface area (Å²) in [6.07, 6.45) is 0. The summed E-state index contributed by atoms with van der Waals surface area (Å²) in [5, 5.41) is 3.68. The van der Waals surface area contributed by atoms with Gasteiger partial charge in [-0.25, -0.2) is 37.3 Å². The van der Waals surface area contributed by atoms with E-state index in [4.69, 9.17) is 0 Å². The molecule has 0 atom stereocenters. The molecule has 0 unspecified atom stereocenters. The van der Waals surface area contributed by atoms with Crippen molar-refractivity contribution in [2.24, 2.45) is 5.10 Å². The van der Waals surface area contributed by atoms with Gasteiger partial charge < -0.3 is 0 Å². The summed E-state index contributed by atoms with van der Waals surface area (Å²) in [5.74, 6) is -10.2. The Labute approximate surface area is 156 Å². The molecular weight excluding hydrogens is 379 g/mol. The Balaban J connectivity index is 1.96. The Morgan fingerprint density at radius 3 is 2.04 bits per heavy atom. The maximum atomic E-state index is 13.9. The molecule has 0 aliphatic heterocycles. The van der Waals surface area contributed by atoms with Crippen LogP contribution in [0.3, 0.4) is 0 Å². The molecule has 0 radical (unpaired) electrons. The smallest absolute Gasteiger partial charge is 0.244 e. The number of anilines is 1. The van der Waals surface area contributed by atoms with Crippen LogP contribution >= 0.6 is 0 Å². The average molecular weight is 392 g/mol. The van der Waals surface area contributed by atoms with Crippen molar-refractivity contribution in [3.8, 4) is 11.3 Å². The number of hydrogen-bond donors (Lipinski definition) is 1. The fourth-order valence-corrected chi connectivity index (χ4v) is 2.49. The first-order valence-corrected chi connectivity index (χ1v) is 8.02. The molecule has 3 aromatic rings. The highest BCUT2D eigenvalue weighted by molar-refractivity contribution is 5.99. The summed E-state index contributed by atoms with van der Waals surface area (Å²) < 4.78 is 67.6. The van der Waals surface area contributed by atoms with Crippen LogP contribution in [0.15, 0.2) is 41.5 Å². The van der Waals surface area contributed by atoms with E-state index in [-0.39, 0.29) is 5.95 Å². The van der Waals surface area contributed by atoms with E-state index in [1.165, 1.54) is 0 Å². The molecule has 0 aliphatic carbocycles. The second-order valence-electron chi connectivity index (χ2n) is 5.84. The van der Waals surface area contributed by atoms with Crippen molar-refractivity contribution in [1.29, 1.82) is 0 Å². The van der Waals surface area contributed by atoms with Crippen LogP contribution in [0.4, 0.5) is 27.9 Å². The first-order chi connectivity index (χ1) is 13.3. The molecule has 144 valence electrons. The predicted molar refractivity (Wildman–Crippen MR) is 94.3 cm³/mol. The van der Waals surface area contributed by atoms with Crippen LogP contribution in [0.25, 0.3) is 11.3 Å². The molecule has 0 aliphatic rings. The summed E-state index contributed by atoms with van der Waals surface area (Å²) in [6.45, 7) is 2.80. The largest absolute Gasteiger partial charge is 0.245 e. The number of hydrogen-bond acceptors (Lipinski definition) is 4. The van der Waals surface area contributed by atoms with Crippen molar-refractivity contribution in [2.75, 3.05) is 5.43 Å². The first kappa shape index (κ1) is 19.4. The second-order valence-corrected chi connectivity index (χ2v) is 5.84. The van der Waals surface area contributed by atoms with Gasteiger partial charge in [0, 0.05) is 11.3 Å². The van der Waals surface area contributed by atoms with Crippen LogP contribution in [-0.2, 0) is 0 Å². The summed E-state index contributed by atoms with van der Waals surface area (Å²) in [6, 6.07) is 10.9. The van der Waals surface area contributed by atoms with Crippen molar-refractivity contribution in [1.82, 2.24) is 9.97 Å². The Morgan fingerprint density at radius 1 is 0.857 bits per heavy atom. The van der Waals surface area contributed by atoms with Crippen molar-refractivity contribution >= 4 is 11.7 Å². The lowest BCUT2D eigenvalue weighted by Crippen LogP contribution is -2.13. The van der Waals surface area contributed by atoms with E-state index in [0.717, 1.165) is 12.5 Å². The molecule has 0 amide bonds. The maximum absolute atomic E-state index is 13.9. The molecule has 1 aromatic heterocycles. The van der Waals surface area contributed by atoms with Crippen LogP contribution in [0, 0.1) is 36.0 Å². The molecule has 9 heteroatoms. The zero-order valence-corrected chi connectivity index (χ0v) is 14.7. The first-order valence-electron chi connectivity index (χ1n) is 8.02. The lowest BCUT2D eigenvalue weighted by Gasteiger charge is -2.09. The fourth-order valence-electron chi connectivity index (χ4n) is 2.49. The number of hydrazone groups is 1. The van der Waals surface area contributed by atoms with Gasteiger partial charge in [0.15, 0.2) is 23.3 Å². The summed E-state index contributed by atoms with van der Waals surface area (Å²) in [4.78, 5) is 8.33. The predicted octanol–water partition coefficient (Wildman–Crippen LogP) is 4.98. The molecular formula is C19H13F5N4. The highest BCUT2D eigenvalue weighted by Crippen LogP contribution is 2.24. The van der Waals surface area contributed by atoms with Crippen molar-refractivity contribution < 1.29 is 22.0 Å². The Morgan fingerprint density at radius 2 is 1.43 bits per heavy atom. The zero-order valence-electron chi connectivity index (χ0n) is 14.7. The lowest BCUT2D eigenvalue weighted by atomic mass is 10.1. The number of benzene rings is 2. The SMILES string of the molecule is CC(=NNc1nc(C)cc(-c2ccccc2)n1)c1c(F)c(F)c(F)c(F)c1F. The highest BCUT2D eigenvalue weighted by atomic mass is 19.2. The minimum Gasteiger partial charge on any atom is -0.245 e. The molecule has 0 spiro atoms. The van der Waals surface area contributed by atoms with Crippen molar-refractivity contribution in [3.05, 3.63) is 76.7 Å². The Bertz CT molecular complexity index is 1040. The number of halogens is 5. The normalized spacial score (nSPS) is 11.6. The van der Waals surface area contributed by atoms with Gasteiger partial charge in [-0.15, -0.1) is 0 Å². The van der Waals surface area contributed by atoms with Gasteiger partial charge in [-0.3, -0.25) is 0 Å². The van der Waals surface area contributed by atoms with Gasteiger partial charge in [0.1, 0.15) is 0 Å². The van der Waals surface area contributed by atoms with Crippen LogP contribution in [0.2, 0.25) is 0 Å². The van der Waals surface area contributed by atoms with E-state index in [0.29, 0.717) is 11.4 Å². The third-order valence-electron chi connectivity index (χ3n) is 3.82. The summed E-state index contributed by atoms with van der Waals surface area (Å²) >= 11 is 0. The minimum atomic E-state index is -2.23. The van der Waals surface area contributed by atoms with Gasteiger partial charge in [0.05, 0.1) is 17.0 Å². The molecule has 0 bridgehead atoms. The van der Waals surface area contributed by atoms with Gasteiger partial charge in [-0.05, 0) is 19.9 Å². The minimum absolute atomic E-state index is 0.00192. The van der Waals surface area contributed by atoms with Gasteiger partial charge in [-0.2, -0.15) is 5.10 Å². The van der Waals surface area contributed by atoms with Gasteiger partial charge >= 0.3 is 0 Å². The highest BCUT2D eigenvalue weighted by Gasteiger charge is 2.27. The average Bonchev–Trinajstić information content (AvgIpc) is 2.69. The molecule has 0 saturated carbocycles. The van der Waals surface area contributed by atoms with E-state index in [1.807, 2.05) is 30.3 Å². The number of nitrogens with zero attached hydrogens (tertiary/aromatic N) is 3. The van der Waals surface area contributed by atoms with Gasteiger partial charge in [-0.1, -0.05) is 30.3 Å². The van der Waals surface area contributed by atoms with Crippen LogP contribution in [-0.4, -0.2) is 15.7 Å². The van der Waals surface area contributed by atoms with Crippen LogP contribution < -0.4 is 5.43 Å². The molecule has 4 nitrogen and oxygen atoms in total. The third-order valence-corrected chi connectivity index (χ3v) is 3.82. The number of aryl methyl sites for hydroxylation is 1. The van der Waals surface area contributed by atoms with E-state index < -0.39 is 40.4 Å². The monoisotopic (exact) mass is 392 g/mol. The Kier molecular flexibility index (Phi) is 5.34. The quantitative estimate of drug-likeness (QED) is 0.224. The Hall–Kier alpha value is -3.36. The molecule has 0 saturated heterocycles. The third kappa shape index (κ3) is 3.68. The molecule has 3 rings (SSSR count). The topological polar surface area (TPSA) is 50.2 Å². The number of aromatic nitrogens is 2. The molecule has 2 aromatic carbocycles. The summed E-state index contributed by atoms with van der Waals surface area (Å²) in [5.41, 5.74) is 2.77. The summed E-state index contributed by atoms with van der Waals surface area (Å²) in [7, 11) is 0. The molecule has 0 fully saturated rings. The van der Waals surface area contributed by atoms with Crippen LogP contribution in [0.1, 0.15) is 18.2 Å². The second kappa shape index (κ2) is 7.71. The van der Waals surface area contributed by atoms with E-state index in [9.17, 15) is 22.0 Å². The zero-order chi connectivity index (χ0) is 20.4. The number of rotatable bonds is 4. The van der Waals surface area contributed by atoms with E-state index in [2.05, 4.69) is 20.5 Å². The molecule has 28 heavy (non-hydrogen) atoms. The van der Waals surface area contributed by atoms with Crippen LogP contribution in [0.5, 0.6) is 0 Å². The van der Waals surface area contributed by atoms with Crippen molar-refractivity contribution in [2.45, 2.75) is 13.8 Å². The molecule has 1 N–H and O–H groups in total. The van der Waals surface area contributed by atoms with Gasteiger partial charge in [0.25, 0.3) is 0 Å². The lowest BCUT2D eigenvalue weighted by molar-refractivity contribution is 0.377. The van der Waals surface area contributed by atoms with Crippen molar-refractivity contribution in [3.63, 3.8) is 0 Å².